The Balaban J connectivity index is 2.70. The van der Waals surface area contributed by atoms with E-state index in [0.29, 0.717) is 0 Å². The van der Waals surface area contributed by atoms with Gasteiger partial charge in [0.1, 0.15) is 12.2 Å². The Morgan fingerprint density at radius 3 is 2.45 bits per heavy atom. The van der Waals surface area contributed by atoms with Crippen LogP contribution in [-0.2, 0) is 9.47 Å². The zero-order chi connectivity index (χ0) is 8.27. The van der Waals surface area contributed by atoms with Crippen molar-refractivity contribution in [3.05, 3.63) is 23.8 Å². The standard InChI is InChI=1S/C9H14O2/c1-7-5-4-6-8(10-2)9(7)11-3/h4-6,8-9H,1-3H3. The van der Waals surface area contributed by atoms with E-state index in [2.05, 4.69) is 0 Å². The van der Waals surface area contributed by atoms with E-state index in [-0.39, 0.29) is 12.2 Å². The summed E-state index contributed by atoms with van der Waals surface area (Å²) in [5, 5.41) is 0. The van der Waals surface area contributed by atoms with Crippen LogP contribution in [0.1, 0.15) is 6.92 Å². The molecule has 2 heteroatoms. The highest BCUT2D eigenvalue weighted by Crippen LogP contribution is 2.17. The van der Waals surface area contributed by atoms with Crippen molar-refractivity contribution in [1.29, 1.82) is 0 Å². The summed E-state index contributed by atoms with van der Waals surface area (Å²) in [5.74, 6) is 0. The maximum atomic E-state index is 5.26. The molecule has 1 aliphatic rings. The lowest BCUT2D eigenvalue weighted by Crippen LogP contribution is -2.30. The lowest BCUT2D eigenvalue weighted by molar-refractivity contribution is 0.00769. The molecule has 0 heterocycles. The van der Waals surface area contributed by atoms with Gasteiger partial charge in [-0.2, -0.15) is 0 Å². The second-order valence-corrected chi connectivity index (χ2v) is 2.65. The summed E-state index contributed by atoms with van der Waals surface area (Å²) in [5.41, 5.74) is 1.21. The van der Waals surface area contributed by atoms with Gasteiger partial charge < -0.3 is 9.47 Å². The Bertz CT molecular complexity index is 182. The number of ether oxygens (including phenoxy) is 2. The summed E-state index contributed by atoms with van der Waals surface area (Å²) < 4.78 is 10.5. The van der Waals surface area contributed by atoms with Crippen molar-refractivity contribution in [3.63, 3.8) is 0 Å². The van der Waals surface area contributed by atoms with E-state index in [4.69, 9.17) is 9.47 Å². The molecule has 1 aliphatic carbocycles. The van der Waals surface area contributed by atoms with Gasteiger partial charge >= 0.3 is 0 Å². The monoisotopic (exact) mass is 154 g/mol. The van der Waals surface area contributed by atoms with Crippen LogP contribution in [0.15, 0.2) is 23.8 Å². The molecular weight excluding hydrogens is 140 g/mol. The molecule has 0 saturated heterocycles. The van der Waals surface area contributed by atoms with Gasteiger partial charge in [-0.1, -0.05) is 18.2 Å². The van der Waals surface area contributed by atoms with Crippen molar-refractivity contribution >= 4 is 0 Å². The van der Waals surface area contributed by atoms with Gasteiger partial charge in [-0.15, -0.1) is 0 Å². The second-order valence-electron chi connectivity index (χ2n) is 2.65. The highest BCUT2D eigenvalue weighted by molar-refractivity contribution is 5.24. The van der Waals surface area contributed by atoms with Gasteiger partial charge in [-0.25, -0.2) is 0 Å². The first-order chi connectivity index (χ1) is 5.29. The van der Waals surface area contributed by atoms with Crippen LogP contribution in [0.25, 0.3) is 0 Å². The van der Waals surface area contributed by atoms with E-state index in [1.165, 1.54) is 5.57 Å². The van der Waals surface area contributed by atoms with Gasteiger partial charge in [0.2, 0.25) is 0 Å². The number of allylic oxidation sites excluding steroid dienone is 2. The van der Waals surface area contributed by atoms with Crippen molar-refractivity contribution in [1.82, 2.24) is 0 Å². The topological polar surface area (TPSA) is 18.5 Å². The molecule has 0 spiro atoms. The van der Waals surface area contributed by atoms with Gasteiger partial charge in [-0.3, -0.25) is 0 Å². The van der Waals surface area contributed by atoms with Gasteiger partial charge in [0.05, 0.1) is 0 Å². The third-order valence-electron chi connectivity index (χ3n) is 1.93. The first-order valence-electron chi connectivity index (χ1n) is 3.70. The highest BCUT2D eigenvalue weighted by Gasteiger charge is 2.21. The number of hydrogen-bond acceptors (Lipinski definition) is 2. The maximum absolute atomic E-state index is 5.26. The van der Waals surface area contributed by atoms with Crippen LogP contribution in [0.2, 0.25) is 0 Å². The number of rotatable bonds is 2. The zero-order valence-electron chi connectivity index (χ0n) is 7.20. The average Bonchev–Trinajstić information content (AvgIpc) is 2.04. The van der Waals surface area contributed by atoms with Gasteiger partial charge in [0.15, 0.2) is 0 Å². The Labute approximate surface area is 67.5 Å². The molecule has 0 aromatic heterocycles. The van der Waals surface area contributed by atoms with E-state index in [0.717, 1.165) is 0 Å². The molecule has 62 valence electrons. The minimum Gasteiger partial charge on any atom is -0.374 e. The Morgan fingerprint density at radius 1 is 1.27 bits per heavy atom. The average molecular weight is 154 g/mol. The van der Waals surface area contributed by atoms with Gasteiger partial charge in [0, 0.05) is 14.2 Å². The SMILES string of the molecule is COC1C=CC=C(C)C1OC. The Kier molecular flexibility index (Phi) is 2.85. The fourth-order valence-corrected chi connectivity index (χ4v) is 1.29. The predicted octanol–water partition coefficient (Wildman–Crippen LogP) is 1.53. The Hall–Kier alpha value is -0.600. The Morgan fingerprint density at radius 2 is 2.00 bits per heavy atom. The molecule has 0 amide bonds. The van der Waals surface area contributed by atoms with E-state index >= 15 is 0 Å². The molecule has 0 fully saturated rings. The van der Waals surface area contributed by atoms with Crippen molar-refractivity contribution in [2.45, 2.75) is 19.1 Å². The molecule has 2 atom stereocenters. The van der Waals surface area contributed by atoms with Crippen molar-refractivity contribution in [3.8, 4) is 0 Å². The maximum Gasteiger partial charge on any atom is 0.108 e. The summed E-state index contributed by atoms with van der Waals surface area (Å²) >= 11 is 0. The normalized spacial score (nSPS) is 30.3. The van der Waals surface area contributed by atoms with E-state index < -0.39 is 0 Å². The first-order valence-corrected chi connectivity index (χ1v) is 3.70. The molecule has 0 aromatic rings. The molecule has 0 aromatic carbocycles. The molecule has 2 nitrogen and oxygen atoms in total. The lowest BCUT2D eigenvalue weighted by atomic mass is 10.0. The molecule has 0 radical (unpaired) electrons. The van der Waals surface area contributed by atoms with Crippen LogP contribution in [0.4, 0.5) is 0 Å². The minimum atomic E-state index is 0.0741. The van der Waals surface area contributed by atoms with Gasteiger partial charge in [-0.05, 0) is 12.5 Å². The fraction of sp³-hybridized carbons (Fsp3) is 0.556. The quantitative estimate of drug-likeness (QED) is 0.600. The van der Waals surface area contributed by atoms with Crippen molar-refractivity contribution in [2.24, 2.45) is 0 Å². The summed E-state index contributed by atoms with van der Waals surface area (Å²) in [6.45, 7) is 2.05. The third kappa shape index (κ3) is 1.70. The van der Waals surface area contributed by atoms with Crippen LogP contribution in [-0.4, -0.2) is 26.4 Å². The van der Waals surface area contributed by atoms with Crippen LogP contribution in [0.3, 0.4) is 0 Å². The summed E-state index contributed by atoms with van der Waals surface area (Å²) in [4.78, 5) is 0. The van der Waals surface area contributed by atoms with Crippen LogP contribution in [0.5, 0.6) is 0 Å². The molecule has 0 saturated carbocycles. The molecule has 0 aliphatic heterocycles. The predicted molar refractivity (Wildman–Crippen MR) is 44.5 cm³/mol. The summed E-state index contributed by atoms with van der Waals surface area (Å²) in [6, 6.07) is 0. The second kappa shape index (κ2) is 3.69. The molecule has 0 N–H and O–H groups in total. The van der Waals surface area contributed by atoms with E-state index in [1.807, 2.05) is 25.2 Å². The molecule has 11 heavy (non-hydrogen) atoms. The molecule has 0 bridgehead atoms. The van der Waals surface area contributed by atoms with Crippen LogP contribution in [0, 0.1) is 0 Å². The molecule has 2 unspecified atom stereocenters. The van der Waals surface area contributed by atoms with Crippen molar-refractivity contribution < 1.29 is 9.47 Å². The lowest BCUT2D eigenvalue weighted by Gasteiger charge is -2.25. The first kappa shape index (κ1) is 8.50. The summed E-state index contributed by atoms with van der Waals surface area (Å²) in [7, 11) is 3.40. The number of hydrogen-bond donors (Lipinski definition) is 0. The largest absolute Gasteiger partial charge is 0.374 e. The fourth-order valence-electron chi connectivity index (χ4n) is 1.29. The van der Waals surface area contributed by atoms with Crippen LogP contribution >= 0.6 is 0 Å². The zero-order valence-corrected chi connectivity index (χ0v) is 7.20. The summed E-state index contributed by atoms with van der Waals surface area (Å²) in [6.07, 6.45) is 6.21. The third-order valence-corrected chi connectivity index (χ3v) is 1.93. The van der Waals surface area contributed by atoms with Gasteiger partial charge in [0.25, 0.3) is 0 Å². The van der Waals surface area contributed by atoms with Crippen LogP contribution < -0.4 is 0 Å². The van der Waals surface area contributed by atoms with Crippen molar-refractivity contribution in [2.75, 3.05) is 14.2 Å². The molecular formula is C9H14O2. The smallest absolute Gasteiger partial charge is 0.108 e. The minimum absolute atomic E-state index is 0.0741. The molecule has 1 rings (SSSR count). The highest BCUT2D eigenvalue weighted by atomic mass is 16.5. The van der Waals surface area contributed by atoms with E-state index in [1.54, 1.807) is 14.2 Å². The number of methoxy groups -OCH3 is 2. The van der Waals surface area contributed by atoms with E-state index in [9.17, 15) is 0 Å².